The second-order valence-electron chi connectivity index (χ2n) is 13.4. The highest BCUT2D eigenvalue weighted by molar-refractivity contribution is 5.89. The van der Waals surface area contributed by atoms with Gasteiger partial charge in [0.25, 0.3) is 0 Å². The molecule has 10 nitrogen and oxygen atoms in total. The Kier molecular flexibility index (Phi) is 8.39. The first-order valence-corrected chi connectivity index (χ1v) is 15.0. The van der Waals surface area contributed by atoms with Gasteiger partial charge in [-0.3, -0.25) is 10.6 Å². The van der Waals surface area contributed by atoms with Crippen molar-refractivity contribution in [1.29, 1.82) is 0 Å². The maximum atomic E-state index is 12.7. The monoisotopic (exact) mass is 617 g/mol. The smallest absolute Gasteiger partial charge is 0.412 e. The van der Waals surface area contributed by atoms with Crippen LogP contribution >= 0.6 is 0 Å². The van der Waals surface area contributed by atoms with Crippen molar-refractivity contribution in [2.75, 3.05) is 36.4 Å². The number of methoxy groups -OCH3 is 2. The van der Waals surface area contributed by atoms with Crippen molar-refractivity contribution in [3.8, 4) is 11.5 Å². The molecule has 0 spiro atoms. The quantitative estimate of drug-likeness (QED) is 0.288. The van der Waals surface area contributed by atoms with Crippen LogP contribution in [-0.4, -0.2) is 50.4 Å². The maximum Gasteiger partial charge on any atom is 0.412 e. The Balaban J connectivity index is 1.63. The van der Waals surface area contributed by atoms with Crippen molar-refractivity contribution < 1.29 is 33.3 Å². The lowest BCUT2D eigenvalue weighted by molar-refractivity contribution is 0.0624. The van der Waals surface area contributed by atoms with Crippen LogP contribution in [-0.2, 0) is 19.6 Å². The Bertz CT molecular complexity index is 1610. The lowest BCUT2D eigenvalue weighted by Gasteiger charge is -2.34. The van der Waals surface area contributed by atoms with Crippen LogP contribution in [0.4, 0.5) is 32.3 Å². The van der Waals surface area contributed by atoms with Gasteiger partial charge >= 0.3 is 12.2 Å². The number of amides is 2. The Morgan fingerprint density at radius 1 is 0.778 bits per heavy atom. The molecule has 240 valence electrons. The highest BCUT2D eigenvalue weighted by Crippen LogP contribution is 2.60. The summed E-state index contributed by atoms with van der Waals surface area (Å²) in [6.45, 7) is 13.5. The van der Waals surface area contributed by atoms with Gasteiger partial charge in [-0.1, -0.05) is 12.1 Å². The molecule has 0 aromatic heterocycles. The molecule has 1 fully saturated rings. The van der Waals surface area contributed by atoms with E-state index in [4.69, 9.17) is 23.7 Å². The van der Waals surface area contributed by atoms with Crippen molar-refractivity contribution in [3.63, 3.8) is 0 Å². The molecule has 0 bridgehead atoms. The highest BCUT2D eigenvalue weighted by Gasteiger charge is 2.58. The van der Waals surface area contributed by atoms with Gasteiger partial charge in [0.05, 0.1) is 31.9 Å². The van der Waals surface area contributed by atoms with Crippen molar-refractivity contribution in [3.05, 3.63) is 71.3 Å². The fourth-order valence-corrected chi connectivity index (χ4v) is 6.11. The number of ether oxygens (including phenoxy) is 5. The molecule has 2 amide bonds. The normalized spacial score (nSPS) is 19.0. The molecule has 10 heteroatoms. The van der Waals surface area contributed by atoms with E-state index in [2.05, 4.69) is 33.7 Å². The highest BCUT2D eigenvalue weighted by atomic mass is 16.6. The summed E-state index contributed by atoms with van der Waals surface area (Å²) >= 11 is 0. The number of aryl methyl sites for hydroxylation is 1. The second kappa shape index (κ2) is 11.8. The van der Waals surface area contributed by atoms with Gasteiger partial charge in [0.1, 0.15) is 28.9 Å². The van der Waals surface area contributed by atoms with Crippen LogP contribution in [0.15, 0.2) is 54.6 Å². The average Bonchev–Trinajstić information content (AvgIpc) is 3.47. The van der Waals surface area contributed by atoms with Gasteiger partial charge in [0, 0.05) is 22.6 Å². The lowest BCUT2D eigenvalue weighted by atomic mass is 9.73. The average molecular weight is 618 g/mol. The topological polar surface area (TPSA) is 108 Å². The van der Waals surface area contributed by atoms with Crippen LogP contribution in [0, 0.1) is 6.92 Å². The molecule has 45 heavy (non-hydrogen) atoms. The number of nitrogens with one attached hydrogen (secondary N) is 2. The third kappa shape index (κ3) is 6.38. The predicted molar refractivity (Wildman–Crippen MR) is 174 cm³/mol. The van der Waals surface area contributed by atoms with Gasteiger partial charge in [-0.2, -0.15) is 0 Å². The molecule has 2 aliphatic heterocycles. The number of hydrogen-bond acceptors (Lipinski definition) is 8. The first kappa shape index (κ1) is 32.0. The number of hydrogen-bond donors (Lipinski definition) is 2. The van der Waals surface area contributed by atoms with Crippen molar-refractivity contribution in [1.82, 2.24) is 0 Å². The fraction of sp³-hybridized carbons (Fsp3) is 0.429. The number of fused-ring (bicyclic) bond motifs is 3. The summed E-state index contributed by atoms with van der Waals surface area (Å²) in [5.41, 5.74) is 3.83. The van der Waals surface area contributed by atoms with Crippen molar-refractivity contribution in [2.24, 2.45) is 0 Å². The zero-order valence-electron chi connectivity index (χ0n) is 27.5. The lowest BCUT2D eigenvalue weighted by Crippen LogP contribution is -2.41. The van der Waals surface area contributed by atoms with Crippen molar-refractivity contribution >= 4 is 34.9 Å². The molecule has 3 aromatic carbocycles. The molecule has 2 atom stereocenters. The van der Waals surface area contributed by atoms with E-state index in [9.17, 15) is 9.59 Å². The van der Waals surface area contributed by atoms with Gasteiger partial charge in [-0.25, -0.2) is 9.59 Å². The SMILES string of the molecule is COc1ccc(NC(=O)OC(C)(C)C)cc1N1c2cc(C)ccc2[C@@]2(c3cc(NC(=O)OC(C)(C)C)ccc3OC)CCOC12. The van der Waals surface area contributed by atoms with E-state index in [1.165, 1.54) is 0 Å². The van der Waals surface area contributed by atoms with E-state index in [1.54, 1.807) is 26.4 Å². The number of anilines is 4. The summed E-state index contributed by atoms with van der Waals surface area (Å²) in [7, 11) is 3.25. The molecule has 2 aliphatic rings. The molecule has 1 saturated heterocycles. The van der Waals surface area contributed by atoms with Crippen LogP contribution in [0.3, 0.4) is 0 Å². The summed E-state index contributed by atoms with van der Waals surface area (Å²) in [5.74, 6) is 1.27. The first-order valence-electron chi connectivity index (χ1n) is 15.0. The molecule has 2 heterocycles. The van der Waals surface area contributed by atoms with Gasteiger partial charge < -0.3 is 28.6 Å². The fourth-order valence-electron chi connectivity index (χ4n) is 6.11. The Morgan fingerprint density at radius 2 is 1.36 bits per heavy atom. The van der Waals surface area contributed by atoms with Crippen LogP contribution in [0.25, 0.3) is 0 Å². The third-order valence-electron chi connectivity index (χ3n) is 7.73. The molecule has 0 saturated carbocycles. The molecular formula is C35H43N3O7. The van der Waals surface area contributed by atoms with E-state index in [0.717, 1.165) is 22.4 Å². The minimum Gasteiger partial charge on any atom is -0.496 e. The number of carbonyl (C=O) groups is 2. The summed E-state index contributed by atoms with van der Waals surface area (Å²) in [5, 5.41) is 5.74. The van der Waals surface area contributed by atoms with E-state index in [1.807, 2.05) is 72.7 Å². The predicted octanol–water partition coefficient (Wildman–Crippen LogP) is 7.89. The third-order valence-corrected chi connectivity index (χ3v) is 7.73. The molecule has 5 rings (SSSR count). The van der Waals surface area contributed by atoms with Crippen LogP contribution < -0.4 is 25.0 Å². The Hall–Kier alpha value is -4.44. The summed E-state index contributed by atoms with van der Waals surface area (Å²) in [6, 6.07) is 17.4. The summed E-state index contributed by atoms with van der Waals surface area (Å²) < 4.78 is 29.4. The molecular weight excluding hydrogens is 574 g/mol. The summed E-state index contributed by atoms with van der Waals surface area (Å²) in [6.07, 6.45) is -0.930. The van der Waals surface area contributed by atoms with E-state index >= 15 is 0 Å². The number of nitrogens with zero attached hydrogens (tertiary/aromatic N) is 1. The minimum absolute atomic E-state index is 0.486. The number of benzene rings is 3. The zero-order valence-corrected chi connectivity index (χ0v) is 27.5. The Labute approximate surface area is 264 Å². The van der Waals surface area contributed by atoms with E-state index in [0.29, 0.717) is 41.6 Å². The van der Waals surface area contributed by atoms with Gasteiger partial charge in [-0.15, -0.1) is 0 Å². The van der Waals surface area contributed by atoms with E-state index in [-0.39, 0.29) is 0 Å². The van der Waals surface area contributed by atoms with Gasteiger partial charge in [0.15, 0.2) is 0 Å². The zero-order chi connectivity index (χ0) is 32.7. The first-order chi connectivity index (χ1) is 21.1. The van der Waals surface area contributed by atoms with Crippen LogP contribution in [0.5, 0.6) is 11.5 Å². The minimum atomic E-state index is -0.667. The van der Waals surface area contributed by atoms with Gasteiger partial charge in [0.2, 0.25) is 0 Å². The molecule has 3 aromatic rings. The summed E-state index contributed by atoms with van der Waals surface area (Å²) in [4.78, 5) is 27.5. The molecule has 2 N–H and O–H groups in total. The van der Waals surface area contributed by atoms with Crippen molar-refractivity contribution in [2.45, 2.75) is 77.7 Å². The van der Waals surface area contributed by atoms with Gasteiger partial charge in [-0.05, 0) is 108 Å². The standard InChI is InChI=1S/C35H43N3O7/c1-21-10-13-24-26(18-21)38(27-20-23(12-15-29(27)42-9)37-32(40)45-34(5,6)7)30-35(24,16-17-43-30)25-19-22(11-14-28(25)41-8)36-31(39)44-33(2,3)4/h10-15,18-20,30H,16-17H2,1-9H3,(H,36,39)(H,37,40)/t30?,35-/m1/s1. The Morgan fingerprint density at radius 3 is 1.93 bits per heavy atom. The number of carbonyl (C=O) groups excluding carboxylic acids is 2. The van der Waals surface area contributed by atoms with Crippen LogP contribution in [0.2, 0.25) is 0 Å². The van der Waals surface area contributed by atoms with E-state index < -0.39 is 35.0 Å². The van der Waals surface area contributed by atoms with Crippen LogP contribution in [0.1, 0.15) is 64.7 Å². The molecule has 0 aliphatic carbocycles. The second-order valence-corrected chi connectivity index (χ2v) is 13.4. The molecule has 1 unspecified atom stereocenters. The largest absolute Gasteiger partial charge is 0.496 e. The maximum absolute atomic E-state index is 12.7. The number of rotatable bonds is 6. The molecule has 0 radical (unpaired) electrons.